The molecule has 1 aliphatic rings. The molecule has 0 saturated heterocycles. The van der Waals surface area contributed by atoms with Crippen molar-refractivity contribution in [3.63, 3.8) is 0 Å². The van der Waals surface area contributed by atoms with Crippen molar-refractivity contribution in [2.45, 2.75) is 24.8 Å². The Labute approximate surface area is 78.9 Å². The molecule has 0 spiro atoms. The van der Waals surface area contributed by atoms with E-state index in [2.05, 4.69) is 24.3 Å². The molecular formula is C11H16N2. The zero-order chi connectivity index (χ0) is 9.26. The van der Waals surface area contributed by atoms with Gasteiger partial charge in [0.15, 0.2) is 0 Å². The van der Waals surface area contributed by atoms with Gasteiger partial charge in [-0.15, -0.1) is 0 Å². The molecule has 0 fully saturated rings. The van der Waals surface area contributed by atoms with Gasteiger partial charge in [0.2, 0.25) is 0 Å². The molecule has 4 N–H and O–H groups in total. The molecule has 1 aromatic rings. The van der Waals surface area contributed by atoms with E-state index in [1.54, 1.807) is 0 Å². The molecule has 13 heavy (non-hydrogen) atoms. The molecule has 1 aromatic carbocycles. The van der Waals surface area contributed by atoms with E-state index in [0.29, 0.717) is 5.92 Å². The first-order chi connectivity index (χ1) is 6.33. The van der Waals surface area contributed by atoms with Gasteiger partial charge in [-0.1, -0.05) is 24.3 Å². The molecule has 2 rings (SSSR count). The van der Waals surface area contributed by atoms with Crippen molar-refractivity contribution < 1.29 is 0 Å². The molecule has 0 aliphatic heterocycles. The summed E-state index contributed by atoms with van der Waals surface area (Å²) < 4.78 is 0. The number of hydrogen-bond acceptors (Lipinski definition) is 2. The van der Waals surface area contributed by atoms with Gasteiger partial charge in [0.1, 0.15) is 0 Å². The lowest BCUT2D eigenvalue weighted by Crippen LogP contribution is -2.26. The van der Waals surface area contributed by atoms with Gasteiger partial charge in [0.05, 0.1) is 0 Å². The lowest BCUT2D eigenvalue weighted by atomic mass is 9.95. The van der Waals surface area contributed by atoms with E-state index < -0.39 is 0 Å². The van der Waals surface area contributed by atoms with Crippen LogP contribution in [0.2, 0.25) is 0 Å². The molecule has 2 atom stereocenters. The Kier molecular flexibility index (Phi) is 2.34. The Hall–Kier alpha value is -0.860. The van der Waals surface area contributed by atoms with Crippen LogP contribution in [0.3, 0.4) is 0 Å². The van der Waals surface area contributed by atoms with Crippen LogP contribution in [0.5, 0.6) is 0 Å². The molecule has 1 aliphatic carbocycles. The third kappa shape index (κ3) is 1.47. The zero-order valence-electron chi connectivity index (χ0n) is 7.74. The smallest absolute Gasteiger partial charge is 0.0149 e. The number of hydrogen-bond donors (Lipinski definition) is 2. The first kappa shape index (κ1) is 8.73. The highest BCUT2D eigenvalue weighted by Crippen LogP contribution is 2.33. The average molecular weight is 176 g/mol. The van der Waals surface area contributed by atoms with Crippen LogP contribution in [-0.4, -0.2) is 12.6 Å². The molecule has 0 amide bonds. The summed E-state index contributed by atoms with van der Waals surface area (Å²) in [6, 6.07) is 8.80. The van der Waals surface area contributed by atoms with Crippen molar-refractivity contribution in [1.29, 1.82) is 0 Å². The lowest BCUT2D eigenvalue weighted by Gasteiger charge is -2.14. The van der Waals surface area contributed by atoms with Gasteiger partial charge in [-0.3, -0.25) is 0 Å². The minimum Gasteiger partial charge on any atom is -0.330 e. The molecule has 0 aromatic heterocycles. The van der Waals surface area contributed by atoms with E-state index in [1.165, 1.54) is 11.1 Å². The van der Waals surface area contributed by atoms with Gasteiger partial charge in [-0.05, 0) is 30.5 Å². The van der Waals surface area contributed by atoms with Gasteiger partial charge < -0.3 is 11.5 Å². The fraction of sp³-hybridized carbons (Fsp3) is 0.455. The van der Waals surface area contributed by atoms with Crippen molar-refractivity contribution in [1.82, 2.24) is 0 Å². The predicted molar refractivity (Wildman–Crippen MR) is 54.5 cm³/mol. The van der Waals surface area contributed by atoms with Crippen molar-refractivity contribution in [3.8, 4) is 0 Å². The zero-order valence-corrected chi connectivity index (χ0v) is 7.74. The van der Waals surface area contributed by atoms with E-state index in [-0.39, 0.29) is 6.04 Å². The Morgan fingerprint density at radius 1 is 1.31 bits per heavy atom. The maximum atomic E-state index is 6.06. The number of nitrogens with two attached hydrogens (primary N) is 2. The highest BCUT2D eigenvalue weighted by molar-refractivity contribution is 5.37. The number of rotatable bonds is 2. The minimum absolute atomic E-state index is 0.279. The van der Waals surface area contributed by atoms with E-state index in [9.17, 15) is 0 Å². The fourth-order valence-electron chi connectivity index (χ4n) is 2.26. The monoisotopic (exact) mass is 176 g/mol. The summed E-state index contributed by atoms with van der Waals surface area (Å²) in [4.78, 5) is 0. The second kappa shape index (κ2) is 3.48. The highest BCUT2D eigenvalue weighted by atomic mass is 14.7. The molecule has 2 unspecified atom stereocenters. The second-order valence-corrected chi connectivity index (χ2v) is 3.75. The van der Waals surface area contributed by atoms with Gasteiger partial charge in [0, 0.05) is 12.0 Å². The van der Waals surface area contributed by atoms with Gasteiger partial charge >= 0.3 is 0 Å². The van der Waals surface area contributed by atoms with Gasteiger partial charge in [-0.2, -0.15) is 0 Å². The second-order valence-electron chi connectivity index (χ2n) is 3.75. The summed E-state index contributed by atoms with van der Waals surface area (Å²) in [6.07, 6.45) is 2.03. The van der Waals surface area contributed by atoms with Crippen LogP contribution < -0.4 is 11.5 Å². The molecule has 70 valence electrons. The maximum Gasteiger partial charge on any atom is 0.0149 e. The van der Waals surface area contributed by atoms with Crippen molar-refractivity contribution in [3.05, 3.63) is 35.4 Å². The standard InChI is InChI=1S/C11H16N2/c12-6-5-10-9-4-2-1-3-8(9)7-11(10)13/h1-4,10-11H,5-7,12-13H2. The normalized spacial score (nSPS) is 26.0. The first-order valence-electron chi connectivity index (χ1n) is 4.86. The van der Waals surface area contributed by atoms with E-state index >= 15 is 0 Å². The molecule has 2 heteroatoms. The number of benzene rings is 1. The Morgan fingerprint density at radius 2 is 2.08 bits per heavy atom. The quantitative estimate of drug-likeness (QED) is 0.706. The fourth-order valence-corrected chi connectivity index (χ4v) is 2.26. The van der Waals surface area contributed by atoms with E-state index in [0.717, 1.165) is 19.4 Å². The van der Waals surface area contributed by atoms with Crippen LogP contribution in [0.15, 0.2) is 24.3 Å². The predicted octanol–water partition coefficient (Wildman–Crippen LogP) is 1.00. The summed E-state index contributed by atoms with van der Waals surface area (Å²) in [7, 11) is 0. The van der Waals surface area contributed by atoms with Crippen LogP contribution in [0.25, 0.3) is 0 Å². The molecule has 0 heterocycles. The van der Waals surface area contributed by atoms with Crippen LogP contribution in [0.1, 0.15) is 23.5 Å². The minimum atomic E-state index is 0.279. The summed E-state index contributed by atoms with van der Waals surface area (Å²) in [5, 5.41) is 0. The van der Waals surface area contributed by atoms with Crippen molar-refractivity contribution in [2.75, 3.05) is 6.54 Å². The summed E-state index contributed by atoms with van der Waals surface area (Å²) in [6.45, 7) is 0.729. The SMILES string of the molecule is NCCC1c2ccccc2CC1N. The summed E-state index contributed by atoms with van der Waals surface area (Å²) >= 11 is 0. The lowest BCUT2D eigenvalue weighted by molar-refractivity contribution is 0.542. The van der Waals surface area contributed by atoms with Crippen LogP contribution >= 0.6 is 0 Å². The van der Waals surface area contributed by atoms with Gasteiger partial charge in [-0.25, -0.2) is 0 Å². The third-order valence-corrected chi connectivity index (χ3v) is 2.90. The third-order valence-electron chi connectivity index (χ3n) is 2.90. The highest BCUT2D eigenvalue weighted by Gasteiger charge is 2.28. The van der Waals surface area contributed by atoms with Crippen LogP contribution in [-0.2, 0) is 6.42 Å². The maximum absolute atomic E-state index is 6.06. The molecule has 0 saturated carbocycles. The number of fused-ring (bicyclic) bond motifs is 1. The first-order valence-corrected chi connectivity index (χ1v) is 4.86. The van der Waals surface area contributed by atoms with E-state index in [1.807, 2.05) is 0 Å². The van der Waals surface area contributed by atoms with Crippen molar-refractivity contribution in [2.24, 2.45) is 11.5 Å². The summed E-state index contributed by atoms with van der Waals surface area (Å²) in [5.74, 6) is 0.487. The molecular weight excluding hydrogens is 160 g/mol. The van der Waals surface area contributed by atoms with Crippen LogP contribution in [0.4, 0.5) is 0 Å². The topological polar surface area (TPSA) is 52.0 Å². The van der Waals surface area contributed by atoms with Crippen LogP contribution in [0, 0.1) is 0 Å². The summed E-state index contributed by atoms with van der Waals surface area (Å²) in [5.41, 5.74) is 14.5. The molecule has 2 nitrogen and oxygen atoms in total. The largest absolute Gasteiger partial charge is 0.330 e. The molecule has 0 radical (unpaired) electrons. The Balaban J connectivity index is 2.29. The van der Waals surface area contributed by atoms with Crippen molar-refractivity contribution >= 4 is 0 Å². The Morgan fingerprint density at radius 3 is 2.85 bits per heavy atom. The van der Waals surface area contributed by atoms with E-state index in [4.69, 9.17) is 11.5 Å². The Bertz CT molecular complexity index is 296. The average Bonchev–Trinajstić information content (AvgIpc) is 2.44. The molecule has 0 bridgehead atoms. The van der Waals surface area contributed by atoms with Gasteiger partial charge in [0.25, 0.3) is 0 Å².